The molecule has 3 aromatic rings. The molecule has 0 spiro atoms. The van der Waals surface area contributed by atoms with E-state index in [4.69, 9.17) is 11.6 Å². The van der Waals surface area contributed by atoms with E-state index in [1.54, 1.807) is 6.07 Å². The number of H-pyrrole nitrogens is 1. The summed E-state index contributed by atoms with van der Waals surface area (Å²) in [5.74, 6) is 0.607. The molecule has 9 heteroatoms. The van der Waals surface area contributed by atoms with Gasteiger partial charge in [0.15, 0.2) is 5.82 Å². The van der Waals surface area contributed by atoms with Crippen molar-refractivity contribution in [3.63, 3.8) is 0 Å². The Morgan fingerprint density at radius 2 is 2.22 bits per heavy atom. The molecule has 7 nitrogen and oxygen atoms in total. The normalized spacial score (nSPS) is 14.1. The molecule has 27 heavy (non-hydrogen) atoms. The minimum Gasteiger partial charge on any atom is -0.306 e. The zero-order chi connectivity index (χ0) is 19.0. The Morgan fingerprint density at radius 3 is 2.96 bits per heavy atom. The van der Waals surface area contributed by atoms with Gasteiger partial charge in [0.1, 0.15) is 5.02 Å². The maximum Gasteiger partial charge on any atom is 0.288 e. The average Bonchev–Trinajstić information content (AvgIpc) is 3.18. The fraction of sp³-hybridized carbons (Fsp3) is 0.222. The van der Waals surface area contributed by atoms with Gasteiger partial charge in [-0.05, 0) is 23.1 Å². The van der Waals surface area contributed by atoms with Crippen LogP contribution < -0.4 is 5.56 Å². The number of nitrogens with one attached hydrogen (secondary N) is 1. The van der Waals surface area contributed by atoms with E-state index in [9.17, 15) is 14.9 Å². The summed E-state index contributed by atoms with van der Waals surface area (Å²) in [4.78, 5) is 33.6. The summed E-state index contributed by atoms with van der Waals surface area (Å²) in [6.07, 6.45) is 0.660. The third-order valence-electron chi connectivity index (χ3n) is 4.52. The lowest BCUT2D eigenvalue weighted by atomic mass is 10.1. The van der Waals surface area contributed by atoms with Crippen LogP contribution in [-0.2, 0) is 19.5 Å². The van der Waals surface area contributed by atoms with Gasteiger partial charge >= 0.3 is 0 Å². The van der Waals surface area contributed by atoms with E-state index in [-0.39, 0.29) is 16.3 Å². The SMILES string of the molecule is O=c1[nH]c(-c2cccs2)nc2c1CN(Cc1ccc(Cl)c([N+](=O)[O-])c1)CC2. The molecular formula is C18H15ClN4O3S. The number of hydrogen-bond acceptors (Lipinski definition) is 6. The lowest BCUT2D eigenvalue weighted by Crippen LogP contribution is -2.35. The van der Waals surface area contributed by atoms with Gasteiger partial charge in [0, 0.05) is 32.1 Å². The highest BCUT2D eigenvalue weighted by Crippen LogP contribution is 2.27. The van der Waals surface area contributed by atoms with Crippen molar-refractivity contribution >= 4 is 28.6 Å². The summed E-state index contributed by atoms with van der Waals surface area (Å²) >= 11 is 7.40. The minimum absolute atomic E-state index is 0.105. The van der Waals surface area contributed by atoms with Gasteiger partial charge in [0.05, 0.1) is 21.1 Å². The third-order valence-corrected chi connectivity index (χ3v) is 5.71. The van der Waals surface area contributed by atoms with Gasteiger partial charge in [0.25, 0.3) is 11.2 Å². The third kappa shape index (κ3) is 3.64. The van der Waals surface area contributed by atoms with Crippen LogP contribution in [0.4, 0.5) is 5.69 Å². The number of rotatable bonds is 4. The molecule has 2 aromatic heterocycles. The highest BCUT2D eigenvalue weighted by atomic mass is 35.5. The van der Waals surface area contributed by atoms with Gasteiger partial charge < -0.3 is 4.98 Å². The van der Waals surface area contributed by atoms with Crippen LogP contribution in [0.1, 0.15) is 16.8 Å². The molecule has 0 saturated heterocycles. The summed E-state index contributed by atoms with van der Waals surface area (Å²) in [6, 6.07) is 8.65. The second-order valence-corrected chi connectivity index (χ2v) is 7.68. The molecular weight excluding hydrogens is 388 g/mol. The Kier molecular flexibility index (Phi) is 4.77. The van der Waals surface area contributed by atoms with E-state index in [0.717, 1.165) is 22.7 Å². The molecule has 0 fully saturated rings. The second-order valence-electron chi connectivity index (χ2n) is 6.32. The maximum atomic E-state index is 12.5. The summed E-state index contributed by atoms with van der Waals surface area (Å²) in [5, 5.41) is 13.1. The van der Waals surface area contributed by atoms with Crippen molar-refractivity contribution in [2.75, 3.05) is 6.54 Å². The van der Waals surface area contributed by atoms with Gasteiger partial charge in [-0.25, -0.2) is 4.98 Å². The summed E-state index contributed by atoms with van der Waals surface area (Å²) in [7, 11) is 0. The Labute approximate surface area is 163 Å². The Hall–Kier alpha value is -2.55. The minimum atomic E-state index is -0.488. The first-order valence-electron chi connectivity index (χ1n) is 8.32. The number of nitro groups is 1. The molecule has 0 aliphatic carbocycles. The second kappa shape index (κ2) is 7.22. The van der Waals surface area contributed by atoms with Gasteiger partial charge in [-0.15, -0.1) is 11.3 Å². The van der Waals surface area contributed by atoms with Crippen LogP contribution in [0.2, 0.25) is 5.02 Å². The van der Waals surface area contributed by atoms with Crippen LogP contribution in [0, 0.1) is 10.1 Å². The largest absolute Gasteiger partial charge is 0.306 e. The van der Waals surface area contributed by atoms with Crippen LogP contribution in [0.25, 0.3) is 10.7 Å². The lowest BCUT2D eigenvalue weighted by Gasteiger charge is -2.27. The molecule has 1 N–H and O–H groups in total. The van der Waals surface area contributed by atoms with E-state index in [2.05, 4.69) is 14.9 Å². The first kappa shape index (κ1) is 17.8. The molecule has 0 bridgehead atoms. The van der Waals surface area contributed by atoms with Gasteiger partial charge in [0.2, 0.25) is 0 Å². The molecule has 0 radical (unpaired) electrons. The quantitative estimate of drug-likeness (QED) is 0.531. The number of hydrogen-bond donors (Lipinski definition) is 1. The predicted molar refractivity (Wildman–Crippen MR) is 104 cm³/mol. The molecule has 1 aliphatic rings. The summed E-state index contributed by atoms with van der Waals surface area (Å²) in [5.41, 5.74) is 2.03. The van der Waals surface area contributed by atoms with Crippen molar-refractivity contribution in [1.82, 2.24) is 14.9 Å². The molecule has 0 atom stereocenters. The summed E-state index contributed by atoms with van der Waals surface area (Å²) in [6.45, 7) is 1.69. The van der Waals surface area contributed by atoms with Gasteiger partial charge in [-0.3, -0.25) is 19.8 Å². The predicted octanol–water partition coefficient (Wildman–Crippen LogP) is 3.62. The highest BCUT2D eigenvalue weighted by Gasteiger charge is 2.22. The standard InChI is InChI=1S/C18H15ClN4O3S/c19-13-4-3-11(8-15(13)23(25)26)9-22-6-5-14-12(10-22)18(24)21-17(20-14)16-2-1-7-27-16/h1-4,7-8H,5-6,9-10H2,(H,20,21,24). The van der Waals surface area contributed by atoms with Crippen LogP contribution in [0.15, 0.2) is 40.5 Å². The van der Waals surface area contributed by atoms with Crippen LogP contribution in [0.3, 0.4) is 0 Å². The van der Waals surface area contributed by atoms with E-state index < -0.39 is 4.92 Å². The number of benzene rings is 1. The Balaban J connectivity index is 1.56. The molecule has 0 amide bonds. The molecule has 0 unspecified atom stereocenters. The van der Waals surface area contributed by atoms with Crippen LogP contribution in [0.5, 0.6) is 0 Å². The van der Waals surface area contributed by atoms with Crippen molar-refractivity contribution in [2.24, 2.45) is 0 Å². The molecule has 1 aromatic carbocycles. The number of fused-ring (bicyclic) bond motifs is 1. The Morgan fingerprint density at radius 1 is 1.37 bits per heavy atom. The molecule has 0 saturated carbocycles. The average molecular weight is 403 g/mol. The topological polar surface area (TPSA) is 92.1 Å². The molecule has 138 valence electrons. The van der Waals surface area contributed by atoms with Gasteiger partial charge in [-0.1, -0.05) is 23.7 Å². The lowest BCUT2D eigenvalue weighted by molar-refractivity contribution is -0.384. The van der Waals surface area contributed by atoms with Crippen LogP contribution >= 0.6 is 22.9 Å². The smallest absolute Gasteiger partial charge is 0.288 e. The number of thiophene rings is 1. The zero-order valence-corrected chi connectivity index (χ0v) is 15.7. The van der Waals surface area contributed by atoms with Crippen molar-refractivity contribution < 1.29 is 4.92 Å². The zero-order valence-electron chi connectivity index (χ0n) is 14.1. The number of halogens is 1. The highest BCUT2D eigenvalue weighted by molar-refractivity contribution is 7.13. The van der Waals surface area contributed by atoms with E-state index in [0.29, 0.717) is 30.9 Å². The van der Waals surface area contributed by atoms with Gasteiger partial charge in [-0.2, -0.15) is 0 Å². The van der Waals surface area contributed by atoms with Crippen molar-refractivity contribution in [2.45, 2.75) is 19.5 Å². The first-order valence-corrected chi connectivity index (χ1v) is 9.58. The van der Waals surface area contributed by atoms with Crippen molar-refractivity contribution in [1.29, 1.82) is 0 Å². The van der Waals surface area contributed by atoms with Crippen molar-refractivity contribution in [3.8, 4) is 10.7 Å². The molecule has 3 heterocycles. The number of nitro benzene ring substituents is 1. The molecule has 1 aliphatic heterocycles. The van der Waals surface area contributed by atoms with Crippen LogP contribution in [-0.4, -0.2) is 26.3 Å². The van der Waals surface area contributed by atoms with E-state index in [1.165, 1.54) is 23.5 Å². The van der Waals surface area contributed by atoms with Crippen molar-refractivity contribution in [3.05, 3.63) is 78.0 Å². The maximum absolute atomic E-state index is 12.5. The number of nitrogens with zero attached hydrogens (tertiary/aromatic N) is 3. The van der Waals surface area contributed by atoms with E-state index in [1.807, 2.05) is 17.5 Å². The number of aromatic amines is 1. The number of aromatic nitrogens is 2. The van der Waals surface area contributed by atoms with E-state index >= 15 is 0 Å². The Bertz CT molecular complexity index is 1060. The fourth-order valence-electron chi connectivity index (χ4n) is 3.20. The molecule has 4 rings (SSSR count). The first-order chi connectivity index (χ1) is 13.0. The summed E-state index contributed by atoms with van der Waals surface area (Å²) < 4.78 is 0. The monoisotopic (exact) mass is 402 g/mol. The fourth-order valence-corrected chi connectivity index (χ4v) is 4.06.